The van der Waals surface area contributed by atoms with Crippen molar-refractivity contribution in [2.24, 2.45) is 0 Å². The maximum atomic E-state index is 11.9. The summed E-state index contributed by atoms with van der Waals surface area (Å²) in [5.74, 6) is -1.39. The van der Waals surface area contributed by atoms with Crippen molar-refractivity contribution in [3.63, 3.8) is 0 Å². The number of hydrogen-bond donors (Lipinski definition) is 1. The molecule has 0 fully saturated rings. The molecule has 0 unspecified atom stereocenters. The Morgan fingerprint density at radius 3 is 2.69 bits per heavy atom. The summed E-state index contributed by atoms with van der Waals surface area (Å²) in [5.41, 5.74) is -0.230. The largest absolute Gasteiger partial charge is 0.487 e. The second kappa shape index (κ2) is 5.62. The summed E-state index contributed by atoms with van der Waals surface area (Å²) in [6.45, 7) is -0.849. The highest BCUT2D eigenvalue weighted by Gasteiger charge is 2.16. The molecule has 3 nitrogen and oxygen atoms in total. The third kappa shape index (κ3) is 3.44. The Bertz CT molecular complexity index is 412. The van der Waals surface area contributed by atoms with Crippen LogP contribution in [-0.2, 0) is 0 Å². The maximum absolute atomic E-state index is 11.9. The van der Waals surface area contributed by atoms with Crippen LogP contribution >= 0.6 is 34.2 Å². The van der Waals surface area contributed by atoms with E-state index < -0.39 is 19.0 Å². The summed E-state index contributed by atoms with van der Waals surface area (Å²) in [6.07, 6.45) is -2.66. The zero-order chi connectivity index (χ0) is 12.3. The Hall–Kier alpha value is -0.630. The zero-order valence-electron chi connectivity index (χ0n) is 7.71. The molecule has 0 spiro atoms. The monoisotopic (exact) mass is 362 g/mol. The molecule has 0 aromatic heterocycles. The fourth-order valence-corrected chi connectivity index (χ4v) is 1.57. The lowest BCUT2D eigenvalue weighted by Gasteiger charge is -2.10. The lowest BCUT2D eigenvalue weighted by molar-refractivity contribution is 0.0664. The van der Waals surface area contributed by atoms with Gasteiger partial charge in [0.25, 0.3) is 6.43 Å². The third-order valence-electron chi connectivity index (χ3n) is 1.62. The number of benzene rings is 1. The first kappa shape index (κ1) is 13.4. The van der Waals surface area contributed by atoms with E-state index in [1.54, 1.807) is 0 Å². The van der Waals surface area contributed by atoms with Crippen LogP contribution in [0.4, 0.5) is 8.78 Å². The van der Waals surface area contributed by atoms with Gasteiger partial charge in [0.05, 0.1) is 5.02 Å². The van der Waals surface area contributed by atoms with Gasteiger partial charge in [-0.05, 0) is 34.7 Å². The van der Waals surface area contributed by atoms with E-state index in [9.17, 15) is 13.6 Å². The highest BCUT2D eigenvalue weighted by molar-refractivity contribution is 14.1. The first-order valence-electron chi connectivity index (χ1n) is 4.05. The van der Waals surface area contributed by atoms with Crippen LogP contribution in [0.25, 0.3) is 0 Å². The summed E-state index contributed by atoms with van der Waals surface area (Å²) < 4.78 is 29.1. The van der Waals surface area contributed by atoms with Crippen LogP contribution in [0.15, 0.2) is 12.1 Å². The van der Waals surface area contributed by atoms with E-state index in [1.807, 2.05) is 22.6 Å². The summed E-state index contributed by atoms with van der Waals surface area (Å²) >= 11 is 7.57. The molecule has 0 aliphatic heterocycles. The molecule has 1 aromatic carbocycles. The molecule has 1 rings (SSSR count). The molecule has 0 aliphatic carbocycles. The minimum atomic E-state index is -2.66. The van der Waals surface area contributed by atoms with Gasteiger partial charge in [0.2, 0.25) is 0 Å². The van der Waals surface area contributed by atoms with Crippen LogP contribution in [0.1, 0.15) is 10.4 Å². The summed E-state index contributed by atoms with van der Waals surface area (Å²) in [5, 5.41) is 9.06. The van der Waals surface area contributed by atoms with Crippen molar-refractivity contribution in [1.29, 1.82) is 0 Å². The highest BCUT2D eigenvalue weighted by Crippen LogP contribution is 2.28. The molecule has 0 radical (unpaired) electrons. The predicted octanol–water partition coefficient (Wildman–Crippen LogP) is 3.29. The maximum Gasteiger partial charge on any atom is 0.339 e. The number of rotatable bonds is 4. The van der Waals surface area contributed by atoms with E-state index in [-0.39, 0.29) is 16.3 Å². The summed E-state index contributed by atoms with van der Waals surface area (Å²) in [7, 11) is 0. The first-order chi connectivity index (χ1) is 7.41. The van der Waals surface area contributed by atoms with Crippen molar-refractivity contribution in [2.75, 3.05) is 6.61 Å². The minimum Gasteiger partial charge on any atom is -0.487 e. The molecule has 0 amide bonds. The number of carbonyl (C=O) groups is 1. The molecule has 0 aliphatic rings. The summed E-state index contributed by atoms with van der Waals surface area (Å²) in [6, 6.07) is 2.49. The van der Waals surface area contributed by atoms with Gasteiger partial charge < -0.3 is 9.84 Å². The van der Waals surface area contributed by atoms with E-state index in [0.717, 1.165) is 0 Å². The molecule has 0 atom stereocenters. The lowest BCUT2D eigenvalue weighted by Crippen LogP contribution is -2.10. The second-order valence-electron chi connectivity index (χ2n) is 2.77. The number of carboxylic acid groups (broad SMARTS) is 1. The van der Waals surface area contributed by atoms with Gasteiger partial charge in [-0.25, -0.2) is 13.6 Å². The number of carboxylic acids is 1. The van der Waals surface area contributed by atoms with Crippen molar-refractivity contribution >= 4 is 40.2 Å². The van der Waals surface area contributed by atoms with Crippen molar-refractivity contribution in [3.05, 3.63) is 26.3 Å². The molecule has 0 saturated carbocycles. The average Bonchev–Trinajstić information content (AvgIpc) is 2.18. The lowest BCUT2D eigenvalue weighted by atomic mass is 10.2. The van der Waals surface area contributed by atoms with Crippen LogP contribution in [0.2, 0.25) is 5.02 Å². The smallest absolute Gasteiger partial charge is 0.339 e. The molecule has 1 N–H and O–H groups in total. The first-order valence-corrected chi connectivity index (χ1v) is 5.50. The SMILES string of the molecule is O=C(O)c1cc(Cl)c(I)cc1OCC(F)F. The molecule has 7 heteroatoms. The van der Waals surface area contributed by atoms with Crippen LogP contribution in [0, 0.1) is 3.57 Å². The molecule has 0 bridgehead atoms. The van der Waals surface area contributed by atoms with Crippen LogP contribution in [0.3, 0.4) is 0 Å². The second-order valence-corrected chi connectivity index (χ2v) is 4.34. The van der Waals surface area contributed by atoms with E-state index >= 15 is 0 Å². The number of halogens is 4. The Morgan fingerprint density at radius 2 is 2.19 bits per heavy atom. The number of alkyl halides is 2. The van der Waals surface area contributed by atoms with Crippen molar-refractivity contribution in [1.82, 2.24) is 0 Å². The zero-order valence-corrected chi connectivity index (χ0v) is 10.6. The van der Waals surface area contributed by atoms with Gasteiger partial charge in [-0.3, -0.25) is 0 Å². The molecule has 88 valence electrons. The van der Waals surface area contributed by atoms with Crippen molar-refractivity contribution in [3.8, 4) is 5.75 Å². The average molecular weight is 362 g/mol. The fraction of sp³-hybridized carbons (Fsp3) is 0.222. The third-order valence-corrected chi connectivity index (χ3v) is 3.14. The van der Waals surface area contributed by atoms with E-state index in [0.29, 0.717) is 3.57 Å². The highest BCUT2D eigenvalue weighted by atomic mass is 127. The number of aromatic carboxylic acids is 1. The Balaban J connectivity index is 3.05. The minimum absolute atomic E-state index is 0.110. The topological polar surface area (TPSA) is 46.5 Å². The Labute approximate surface area is 108 Å². The van der Waals surface area contributed by atoms with Crippen LogP contribution < -0.4 is 4.74 Å². The van der Waals surface area contributed by atoms with Crippen molar-refractivity contribution < 1.29 is 23.4 Å². The van der Waals surface area contributed by atoms with Gasteiger partial charge in [-0.1, -0.05) is 11.6 Å². The molecule has 1 aromatic rings. The van der Waals surface area contributed by atoms with Gasteiger partial charge in [-0.2, -0.15) is 0 Å². The van der Waals surface area contributed by atoms with Crippen LogP contribution in [0.5, 0.6) is 5.75 Å². The van der Waals surface area contributed by atoms with E-state index in [1.165, 1.54) is 12.1 Å². The summed E-state index contributed by atoms with van der Waals surface area (Å²) in [4.78, 5) is 10.8. The molecule has 16 heavy (non-hydrogen) atoms. The van der Waals surface area contributed by atoms with Gasteiger partial charge in [0.1, 0.15) is 17.9 Å². The van der Waals surface area contributed by atoms with Gasteiger partial charge >= 0.3 is 5.97 Å². The quantitative estimate of drug-likeness (QED) is 0.836. The molecular weight excluding hydrogens is 356 g/mol. The van der Waals surface area contributed by atoms with Gasteiger partial charge in [0, 0.05) is 3.57 Å². The standard InChI is InChI=1S/C9H6ClF2IO3/c10-5-1-4(9(14)15)7(2-6(5)13)16-3-8(11)12/h1-2,8H,3H2,(H,14,15). The van der Waals surface area contributed by atoms with Crippen LogP contribution in [-0.4, -0.2) is 24.1 Å². The number of ether oxygens (including phenoxy) is 1. The molecular formula is C9H6ClF2IO3. The van der Waals surface area contributed by atoms with Gasteiger partial charge in [-0.15, -0.1) is 0 Å². The Morgan fingerprint density at radius 1 is 1.56 bits per heavy atom. The van der Waals surface area contributed by atoms with Crippen molar-refractivity contribution in [2.45, 2.75) is 6.43 Å². The van der Waals surface area contributed by atoms with E-state index in [2.05, 4.69) is 0 Å². The molecule has 0 heterocycles. The molecule has 0 saturated heterocycles. The van der Waals surface area contributed by atoms with E-state index in [4.69, 9.17) is 21.4 Å². The Kier molecular flexibility index (Phi) is 4.72. The number of hydrogen-bond acceptors (Lipinski definition) is 2. The fourth-order valence-electron chi connectivity index (χ4n) is 0.968. The normalized spacial score (nSPS) is 10.6. The van der Waals surface area contributed by atoms with Gasteiger partial charge in [0.15, 0.2) is 0 Å². The predicted molar refractivity (Wildman–Crippen MR) is 62.6 cm³/mol.